The lowest BCUT2D eigenvalue weighted by Crippen LogP contribution is -2.33. The van der Waals surface area contributed by atoms with Crippen molar-refractivity contribution in [2.45, 2.75) is 46.1 Å². The molecule has 2 aromatic heterocycles. The molecule has 124 valence electrons. The SMILES string of the molecule is Cc1nc(CCNC(=O)[C@@H](C)n2ccnc2C(C)C)cc(=O)[nH]1. The molecule has 0 saturated carbocycles. The minimum absolute atomic E-state index is 0.0773. The molecule has 0 bridgehead atoms. The van der Waals surface area contributed by atoms with Crippen molar-refractivity contribution in [3.05, 3.63) is 46.2 Å². The number of carbonyl (C=O) groups is 1. The summed E-state index contributed by atoms with van der Waals surface area (Å²) in [5.74, 6) is 1.64. The average molecular weight is 317 g/mol. The highest BCUT2D eigenvalue weighted by atomic mass is 16.2. The fourth-order valence-electron chi connectivity index (χ4n) is 2.46. The van der Waals surface area contributed by atoms with Crippen LogP contribution in [0.3, 0.4) is 0 Å². The van der Waals surface area contributed by atoms with E-state index in [0.717, 1.165) is 5.82 Å². The van der Waals surface area contributed by atoms with Crippen molar-refractivity contribution < 1.29 is 4.79 Å². The number of nitrogens with one attached hydrogen (secondary N) is 2. The first-order chi connectivity index (χ1) is 10.9. The molecule has 1 amide bonds. The summed E-state index contributed by atoms with van der Waals surface area (Å²) >= 11 is 0. The van der Waals surface area contributed by atoms with Crippen molar-refractivity contribution >= 4 is 5.91 Å². The van der Waals surface area contributed by atoms with Gasteiger partial charge >= 0.3 is 0 Å². The third-order valence-electron chi connectivity index (χ3n) is 3.61. The van der Waals surface area contributed by atoms with E-state index >= 15 is 0 Å². The first-order valence-electron chi connectivity index (χ1n) is 7.75. The molecular weight excluding hydrogens is 294 g/mol. The predicted octanol–water partition coefficient (Wildman–Crippen LogP) is 1.32. The monoisotopic (exact) mass is 317 g/mol. The maximum absolute atomic E-state index is 12.3. The van der Waals surface area contributed by atoms with Gasteiger partial charge in [-0.1, -0.05) is 13.8 Å². The Hall–Kier alpha value is -2.44. The summed E-state index contributed by atoms with van der Waals surface area (Å²) in [7, 11) is 0. The van der Waals surface area contributed by atoms with Crippen molar-refractivity contribution in [2.75, 3.05) is 6.54 Å². The van der Waals surface area contributed by atoms with Gasteiger partial charge < -0.3 is 14.9 Å². The maximum Gasteiger partial charge on any atom is 0.251 e. The van der Waals surface area contributed by atoms with Gasteiger partial charge in [0.2, 0.25) is 5.91 Å². The average Bonchev–Trinajstić information content (AvgIpc) is 2.94. The Balaban J connectivity index is 1.94. The van der Waals surface area contributed by atoms with Crippen LogP contribution in [0.1, 0.15) is 50.1 Å². The van der Waals surface area contributed by atoms with Crippen LogP contribution < -0.4 is 10.9 Å². The molecule has 1 atom stereocenters. The van der Waals surface area contributed by atoms with Gasteiger partial charge in [0.15, 0.2) is 0 Å². The lowest BCUT2D eigenvalue weighted by atomic mass is 10.2. The van der Waals surface area contributed by atoms with Gasteiger partial charge in [-0.05, 0) is 13.8 Å². The number of hydrogen-bond acceptors (Lipinski definition) is 4. The summed E-state index contributed by atoms with van der Waals surface area (Å²) in [5.41, 5.74) is 0.497. The van der Waals surface area contributed by atoms with E-state index in [1.165, 1.54) is 6.07 Å². The predicted molar refractivity (Wildman–Crippen MR) is 87.3 cm³/mol. The largest absolute Gasteiger partial charge is 0.354 e. The fraction of sp³-hybridized carbons (Fsp3) is 0.500. The molecule has 7 nitrogen and oxygen atoms in total. The van der Waals surface area contributed by atoms with Crippen LogP contribution >= 0.6 is 0 Å². The zero-order valence-corrected chi connectivity index (χ0v) is 14.0. The van der Waals surface area contributed by atoms with Crippen LogP contribution in [0.2, 0.25) is 0 Å². The molecule has 2 N–H and O–H groups in total. The lowest BCUT2D eigenvalue weighted by Gasteiger charge is -2.17. The van der Waals surface area contributed by atoms with Crippen molar-refractivity contribution in [2.24, 2.45) is 0 Å². The van der Waals surface area contributed by atoms with Gasteiger partial charge in [-0.15, -0.1) is 0 Å². The van der Waals surface area contributed by atoms with E-state index in [0.29, 0.717) is 24.5 Å². The molecule has 7 heteroatoms. The van der Waals surface area contributed by atoms with Gasteiger partial charge in [0.25, 0.3) is 5.56 Å². The number of aryl methyl sites for hydroxylation is 1. The van der Waals surface area contributed by atoms with Crippen LogP contribution in [-0.4, -0.2) is 32.0 Å². The number of H-pyrrole nitrogens is 1. The third-order valence-corrected chi connectivity index (χ3v) is 3.61. The molecule has 0 radical (unpaired) electrons. The van der Waals surface area contributed by atoms with E-state index in [-0.39, 0.29) is 23.4 Å². The van der Waals surface area contributed by atoms with Crippen molar-refractivity contribution in [3.63, 3.8) is 0 Å². The van der Waals surface area contributed by atoms with Gasteiger partial charge in [-0.25, -0.2) is 9.97 Å². The maximum atomic E-state index is 12.3. The zero-order chi connectivity index (χ0) is 17.0. The number of carbonyl (C=O) groups excluding carboxylic acids is 1. The summed E-state index contributed by atoms with van der Waals surface area (Å²) in [6, 6.07) is 1.12. The molecule has 0 aliphatic rings. The highest BCUT2D eigenvalue weighted by Crippen LogP contribution is 2.17. The van der Waals surface area contributed by atoms with Crippen molar-refractivity contribution in [1.29, 1.82) is 0 Å². The normalized spacial score (nSPS) is 12.4. The first kappa shape index (κ1) is 16.9. The van der Waals surface area contributed by atoms with Gasteiger partial charge in [-0.2, -0.15) is 0 Å². The van der Waals surface area contributed by atoms with E-state index in [4.69, 9.17) is 0 Å². The Morgan fingerprint density at radius 3 is 2.78 bits per heavy atom. The summed E-state index contributed by atoms with van der Waals surface area (Å²) in [4.78, 5) is 34.8. The Kier molecular flexibility index (Phi) is 5.31. The molecule has 0 saturated heterocycles. The molecule has 2 rings (SSSR count). The Bertz CT molecular complexity index is 732. The van der Waals surface area contributed by atoms with Crippen LogP contribution in [-0.2, 0) is 11.2 Å². The number of amides is 1. The van der Waals surface area contributed by atoms with Crippen LogP contribution in [0.5, 0.6) is 0 Å². The van der Waals surface area contributed by atoms with Gasteiger partial charge in [-0.3, -0.25) is 9.59 Å². The summed E-state index contributed by atoms with van der Waals surface area (Å²) in [6.07, 6.45) is 4.05. The molecule has 23 heavy (non-hydrogen) atoms. The first-order valence-corrected chi connectivity index (χ1v) is 7.75. The molecule has 0 aliphatic carbocycles. The third kappa shape index (κ3) is 4.28. The lowest BCUT2D eigenvalue weighted by molar-refractivity contribution is -0.123. The van der Waals surface area contributed by atoms with Gasteiger partial charge in [0, 0.05) is 43.0 Å². The minimum atomic E-state index is -0.330. The standard InChI is InChI=1S/C16H23N5O2/c1-10(2)15-17-7-8-21(15)11(3)16(23)18-6-5-13-9-14(22)20-12(4)19-13/h7-11H,5-6H2,1-4H3,(H,18,23)(H,19,20,22)/t11-/m1/s1. The van der Waals surface area contributed by atoms with E-state index in [1.54, 1.807) is 13.1 Å². The Morgan fingerprint density at radius 1 is 1.39 bits per heavy atom. The molecular formula is C16H23N5O2. The second-order valence-corrected chi connectivity index (χ2v) is 5.89. The number of rotatable bonds is 6. The summed E-state index contributed by atoms with van der Waals surface area (Å²) in [5, 5.41) is 2.88. The molecule has 0 aromatic carbocycles. The van der Waals surface area contributed by atoms with Crippen LogP contribution in [0.15, 0.2) is 23.3 Å². The van der Waals surface area contributed by atoms with Crippen LogP contribution in [0, 0.1) is 6.92 Å². The van der Waals surface area contributed by atoms with Crippen LogP contribution in [0.25, 0.3) is 0 Å². The van der Waals surface area contributed by atoms with Gasteiger partial charge in [0.1, 0.15) is 17.7 Å². The van der Waals surface area contributed by atoms with Crippen molar-refractivity contribution in [1.82, 2.24) is 24.8 Å². The highest BCUT2D eigenvalue weighted by Gasteiger charge is 2.18. The zero-order valence-electron chi connectivity index (χ0n) is 14.0. The Morgan fingerprint density at radius 2 is 2.13 bits per heavy atom. The van der Waals surface area contributed by atoms with Crippen LogP contribution in [0.4, 0.5) is 0 Å². The second-order valence-electron chi connectivity index (χ2n) is 5.89. The van der Waals surface area contributed by atoms with E-state index < -0.39 is 0 Å². The summed E-state index contributed by atoms with van der Waals surface area (Å²) in [6.45, 7) is 8.11. The molecule has 0 unspecified atom stereocenters. The van der Waals surface area contributed by atoms with E-state index in [9.17, 15) is 9.59 Å². The van der Waals surface area contributed by atoms with E-state index in [1.807, 2.05) is 31.5 Å². The molecule has 0 spiro atoms. The minimum Gasteiger partial charge on any atom is -0.354 e. The number of aromatic amines is 1. The van der Waals surface area contributed by atoms with E-state index in [2.05, 4.69) is 20.3 Å². The number of imidazole rings is 1. The molecule has 0 aliphatic heterocycles. The quantitative estimate of drug-likeness (QED) is 0.840. The fourth-order valence-corrected chi connectivity index (χ4v) is 2.46. The smallest absolute Gasteiger partial charge is 0.251 e. The summed E-state index contributed by atoms with van der Waals surface area (Å²) < 4.78 is 1.88. The van der Waals surface area contributed by atoms with Gasteiger partial charge in [0.05, 0.1) is 0 Å². The highest BCUT2D eigenvalue weighted by molar-refractivity contribution is 5.79. The molecule has 2 aromatic rings. The number of hydrogen-bond donors (Lipinski definition) is 2. The number of aromatic nitrogens is 4. The topological polar surface area (TPSA) is 92.7 Å². The molecule has 0 fully saturated rings. The van der Waals surface area contributed by atoms with Crippen molar-refractivity contribution in [3.8, 4) is 0 Å². The number of nitrogens with zero attached hydrogens (tertiary/aromatic N) is 3. The molecule has 2 heterocycles. The Labute approximate surface area is 135 Å². The second kappa shape index (κ2) is 7.21.